The molecule has 1 N–H and O–H groups in total. The van der Waals surface area contributed by atoms with E-state index >= 15 is 0 Å². The maximum atomic E-state index is 13.5. The molecule has 0 aromatic heterocycles. The molecule has 23 heavy (non-hydrogen) atoms. The lowest BCUT2D eigenvalue weighted by molar-refractivity contribution is -0.305. The lowest BCUT2D eigenvalue weighted by Gasteiger charge is -2.10. The summed E-state index contributed by atoms with van der Waals surface area (Å²) in [5.41, 5.74) is 0.258. The summed E-state index contributed by atoms with van der Waals surface area (Å²) < 4.78 is 52.6. The summed E-state index contributed by atoms with van der Waals surface area (Å²) in [6, 6.07) is 7.95. The Morgan fingerprint density at radius 3 is 2.30 bits per heavy atom. The highest BCUT2D eigenvalue weighted by Gasteiger charge is 2.16. The van der Waals surface area contributed by atoms with Crippen LogP contribution in [-0.4, -0.2) is 14.4 Å². The van der Waals surface area contributed by atoms with Gasteiger partial charge in [0.2, 0.25) is 0 Å². The predicted molar refractivity (Wildman–Crippen MR) is 76.9 cm³/mol. The smallest absolute Gasteiger partial charge is 0.261 e. The third kappa shape index (κ3) is 4.49. The Balaban J connectivity index is 2.17. The minimum atomic E-state index is -4.04. The monoisotopic (exact) mass is 340 g/mol. The topological polar surface area (TPSA) is 86.3 Å². The fourth-order valence-electron chi connectivity index (χ4n) is 1.86. The van der Waals surface area contributed by atoms with Gasteiger partial charge in [0.05, 0.1) is 10.6 Å². The van der Waals surface area contributed by atoms with Gasteiger partial charge in [0, 0.05) is 12.0 Å². The SMILES string of the molecule is O=C([O-])CCc1ccc(S(=O)(=O)Nc2ccc(F)cc2F)cc1. The van der Waals surface area contributed by atoms with Crippen molar-refractivity contribution >= 4 is 21.7 Å². The Morgan fingerprint density at radius 1 is 1.09 bits per heavy atom. The van der Waals surface area contributed by atoms with Crippen molar-refractivity contribution in [1.82, 2.24) is 0 Å². The second-order valence-electron chi connectivity index (χ2n) is 4.75. The zero-order chi connectivity index (χ0) is 17.0. The molecule has 122 valence electrons. The average Bonchev–Trinajstić information content (AvgIpc) is 2.48. The lowest BCUT2D eigenvalue weighted by Crippen LogP contribution is -2.22. The van der Waals surface area contributed by atoms with Crippen molar-refractivity contribution in [1.29, 1.82) is 0 Å². The number of carboxylic acid groups (broad SMARTS) is 1. The molecule has 0 saturated carbocycles. The second-order valence-corrected chi connectivity index (χ2v) is 6.43. The highest BCUT2D eigenvalue weighted by Crippen LogP contribution is 2.20. The number of halogens is 2. The zero-order valence-corrected chi connectivity index (χ0v) is 12.6. The molecule has 0 saturated heterocycles. The van der Waals surface area contributed by atoms with Crippen LogP contribution in [0.4, 0.5) is 14.5 Å². The number of rotatable bonds is 6. The van der Waals surface area contributed by atoms with Crippen LogP contribution in [0.15, 0.2) is 47.4 Å². The number of nitrogens with one attached hydrogen (secondary N) is 1. The summed E-state index contributed by atoms with van der Waals surface area (Å²) in [5, 5.41) is 10.4. The van der Waals surface area contributed by atoms with E-state index in [1.807, 2.05) is 4.72 Å². The Labute approximate surface area is 131 Å². The van der Waals surface area contributed by atoms with E-state index < -0.39 is 27.6 Å². The van der Waals surface area contributed by atoms with E-state index in [4.69, 9.17) is 0 Å². The van der Waals surface area contributed by atoms with E-state index in [1.54, 1.807) is 0 Å². The van der Waals surface area contributed by atoms with Crippen molar-refractivity contribution in [3.8, 4) is 0 Å². The number of carbonyl (C=O) groups is 1. The molecule has 0 spiro atoms. The van der Waals surface area contributed by atoms with Gasteiger partial charge in [-0.1, -0.05) is 12.1 Å². The van der Waals surface area contributed by atoms with Gasteiger partial charge in [-0.25, -0.2) is 17.2 Å². The summed E-state index contributed by atoms with van der Waals surface area (Å²) in [6.07, 6.45) is 0.0355. The summed E-state index contributed by atoms with van der Waals surface area (Å²) in [4.78, 5) is 10.3. The van der Waals surface area contributed by atoms with Gasteiger partial charge in [0.1, 0.15) is 11.6 Å². The van der Waals surface area contributed by atoms with Gasteiger partial charge in [-0.05, 0) is 42.7 Å². The van der Waals surface area contributed by atoms with Crippen LogP contribution in [-0.2, 0) is 21.2 Å². The number of anilines is 1. The van der Waals surface area contributed by atoms with Gasteiger partial charge in [-0.3, -0.25) is 4.72 Å². The molecule has 0 aliphatic rings. The van der Waals surface area contributed by atoms with E-state index in [0.29, 0.717) is 11.6 Å². The molecule has 0 aliphatic carbocycles. The van der Waals surface area contributed by atoms with Crippen molar-refractivity contribution in [2.24, 2.45) is 0 Å². The Bertz CT molecular complexity index is 820. The average molecular weight is 340 g/mol. The molecule has 2 aromatic carbocycles. The fourth-order valence-corrected chi connectivity index (χ4v) is 2.92. The van der Waals surface area contributed by atoms with Crippen LogP contribution >= 0.6 is 0 Å². The van der Waals surface area contributed by atoms with E-state index in [1.165, 1.54) is 24.3 Å². The van der Waals surface area contributed by atoms with Crippen molar-refractivity contribution in [3.05, 3.63) is 59.7 Å². The third-order valence-corrected chi connectivity index (χ3v) is 4.41. The number of hydrogen-bond donors (Lipinski definition) is 1. The Hall–Kier alpha value is -2.48. The summed E-state index contributed by atoms with van der Waals surface area (Å²) in [6.45, 7) is 0. The zero-order valence-electron chi connectivity index (χ0n) is 11.8. The van der Waals surface area contributed by atoms with Crippen LogP contribution < -0.4 is 9.83 Å². The van der Waals surface area contributed by atoms with Gasteiger partial charge in [0.25, 0.3) is 10.0 Å². The number of aryl methyl sites for hydroxylation is 1. The van der Waals surface area contributed by atoms with Crippen LogP contribution in [0.1, 0.15) is 12.0 Å². The molecule has 0 amide bonds. The van der Waals surface area contributed by atoms with E-state index in [0.717, 1.165) is 12.1 Å². The molecule has 0 heterocycles. The number of carboxylic acids is 1. The van der Waals surface area contributed by atoms with Gasteiger partial charge >= 0.3 is 0 Å². The molecule has 0 bridgehead atoms. The van der Waals surface area contributed by atoms with Crippen LogP contribution in [0, 0.1) is 11.6 Å². The summed E-state index contributed by atoms with van der Waals surface area (Å²) in [7, 11) is -4.04. The van der Waals surface area contributed by atoms with Crippen LogP contribution in [0.2, 0.25) is 0 Å². The molecular weight excluding hydrogens is 328 g/mol. The molecule has 0 unspecified atom stereocenters. The molecular formula is C15H12F2NO4S-. The first-order valence-electron chi connectivity index (χ1n) is 6.54. The van der Waals surface area contributed by atoms with E-state index in [-0.39, 0.29) is 23.4 Å². The van der Waals surface area contributed by atoms with Crippen molar-refractivity contribution in [2.45, 2.75) is 17.7 Å². The van der Waals surface area contributed by atoms with Crippen LogP contribution in [0.5, 0.6) is 0 Å². The van der Waals surface area contributed by atoms with Gasteiger partial charge in [-0.15, -0.1) is 0 Å². The summed E-state index contributed by atoms with van der Waals surface area (Å²) >= 11 is 0. The molecule has 0 fully saturated rings. The van der Waals surface area contributed by atoms with Gasteiger partial charge in [-0.2, -0.15) is 0 Å². The minimum absolute atomic E-state index is 0.126. The molecule has 5 nitrogen and oxygen atoms in total. The molecule has 0 radical (unpaired) electrons. The normalized spacial score (nSPS) is 11.2. The number of carbonyl (C=O) groups excluding carboxylic acids is 1. The molecule has 8 heteroatoms. The van der Waals surface area contributed by atoms with Crippen molar-refractivity contribution < 1.29 is 27.1 Å². The first-order valence-corrected chi connectivity index (χ1v) is 8.03. The first kappa shape index (κ1) is 16.9. The molecule has 0 aliphatic heterocycles. The molecule has 0 atom stereocenters. The van der Waals surface area contributed by atoms with E-state index in [9.17, 15) is 27.1 Å². The molecule has 2 aromatic rings. The standard InChI is InChI=1S/C15H13F2NO4S/c16-11-4-7-14(13(17)9-11)18-23(21,22)12-5-1-10(2-6-12)3-8-15(19)20/h1-2,4-7,9,18H,3,8H2,(H,19,20)/p-1. The molecule has 2 rings (SSSR count). The quantitative estimate of drug-likeness (QED) is 0.862. The highest BCUT2D eigenvalue weighted by atomic mass is 32.2. The number of hydrogen-bond acceptors (Lipinski definition) is 4. The summed E-state index contributed by atoms with van der Waals surface area (Å²) in [5.74, 6) is -3.04. The maximum absolute atomic E-state index is 13.5. The van der Waals surface area contributed by atoms with Crippen LogP contribution in [0.3, 0.4) is 0 Å². The van der Waals surface area contributed by atoms with Gasteiger partial charge < -0.3 is 9.90 Å². The fraction of sp³-hybridized carbons (Fsp3) is 0.133. The minimum Gasteiger partial charge on any atom is -0.550 e. The van der Waals surface area contributed by atoms with Crippen molar-refractivity contribution in [3.63, 3.8) is 0 Å². The maximum Gasteiger partial charge on any atom is 0.261 e. The van der Waals surface area contributed by atoms with E-state index in [2.05, 4.69) is 0 Å². The number of sulfonamides is 1. The second kappa shape index (κ2) is 6.74. The lowest BCUT2D eigenvalue weighted by atomic mass is 10.1. The highest BCUT2D eigenvalue weighted by molar-refractivity contribution is 7.92. The first-order chi connectivity index (χ1) is 10.8. The van der Waals surface area contributed by atoms with Crippen LogP contribution in [0.25, 0.3) is 0 Å². The number of aliphatic carboxylic acids is 1. The third-order valence-electron chi connectivity index (χ3n) is 3.03. The van der Waals surface area contributed by atoms with Crippen molar-refractivity contribution in [2.75, 3.05) is 4.72 Å². The largest absolute Gasteiger partial charge is 0.550 e. The Kier molecular flexibility index (Phi) is 4.95. The predicted octanol–water partition coefficient (Wildman–Crippen LogP) is 1.45. The number of benzene rings is 2. The Morgan fingerprint density at radius 2 is 1.74 bits per heavy atom. The van der Waals surface area contributed by atoms with Gasteiger partial charge in [0.15, 0.2) is 0 Å².